The smallest absolute Gasteiger partial charge is 0.330 e. The fourth-order valence-corrected chi connectivity index (χ4v) is 1.65. The first-order chi connectivity index (χ1) is 9.35. The highest BCUT2D eigenvalue weighted by Gasteiger charge is 2.41. The fourth-order valence-electron chi connectivity index (χ4n) is 1.65. The van der Waals surface area contributed by atoms with Crippen molar-refractivity contribution in [3.63, 3.8) is 0 Å². The van der Waals surface area contributed by atoms with E-state index < -0.39 is 19.0 Å². The molecule has 0 saturated heterocycles. The van der Waals surface area contributed by atoms with Crippen molar-refractivity contribution in [3.05, 3.63) is 35.4 Å². The van der Waals surface area contributed by atoms with Gasteiger partial charge in [-0.1, -0.05) is 29.8 Å². The summed E-state index contributed by atoms with van der Waals surface area (Å²) in [4.78, 5) is 0. The minimum atomic E-state index is -4.10. The van der Waals surface area contributed by atoms with Crippen LogP contribution in [0.25, 0.3) is 0 Å². The van der Waals surface area contributed by atoms with Gasteiger partial charge in [-0.25, -0.2) is 8.78 Å². The van der Waals surface area contributed by atoms with Crippen LogP contribution in [-0.4, -0.2) is 38.7 Å². The monoisotopic (exact) mass is 293 g/mol. The van der Waals surface area contributed by atoms with E-state index >= 15 is 0 Å². The molecule has 1 atom stereocenters. The molecule has 2 nitrogen and oxygen atoms in total. The van der Waals surface area contributed by atoms with Gasteiger partial charge in [-0.3, -0.25) is 0 Å². The molecule has 0 saturated carbocycles. The first-order valence-electron chi connectivity index (χ1n) is 6.31. The van der Waals surface area contributed by atoms with Gasteiger partial charge in [-0.15, -0.1) is 0 Å². The van der Waals surface area contributed by atoms with E-state index in [0.717, 1.165) is 11.1 Å². The quantitative estimate of drug-likeness (QED) is 0.744. The van der Waals surface area contributed by atoms with Crippen molar-refractivity contribution in [3.8, 4) is 0 Å². The van der Waals surface area contributed by atoms with Crippen LogP contribution in [0.3, 0.4) is 0 Å². The Hall–Kier alpha value is -1.14. The summed E-state index contributed by atoms with van der Waals surface area (Å²) in [5, 5.41) is 2.92. The minimum Gasteiger partial charge on any atom is -0.373 e. The molecule has 0 spiro atoms. The Labute approximate surface area is 116 Å². The van der Waals surface area contributed by atoms with Crippen LogP contribution in [-0.2, 0) is 11.2 Å². The second-order valence-corrected chi connectivity index (χ2v) is 4.75. The Morgan fingerprint density at radius 2 is 1.80 bits per heavy atom. The van der Waals surface area contributed by atoms with E-state index in [0.29, 0.717) is 6.42 Å². The van der Waals surface area contributed by atoms with Gasteiger partial charge < -0.3 is 10.1 Å². The molecule has 0 radical (unpaired) electrons. The van der Waals surface area contributed by atoms with Crippen LogP contribution in [0.5, 0.6) is 0 Å². The molecule has 0 aliphatic carbocycles. The molecule has 0 amide bonds. The van der Waals surface area contributed by atoms with Gasteiger partial charge in [0.25, 0.3) is 0 Å². The standard InChI is InChI=1S/C14H19F4NO/c1-10-3-5-11(6-4-10)7-12(19-2)8-20-9-14(17,18)13(15)16/h3-6,12-13,19H,7-9H2,1-2H3. The van der Waals surface area contributed by atoms with Gasteiger partial charge in [0.2, 0.25) is 0 Å². The molecular formula is C14H19F4NO. The second kappa shape index (κ2) is 7.59. The van der Waals surface area contributed by atoms with Crippen LogP contribution in [0.15, 0.2) is 24.3 Å². The van der Waals surface area contributed by atoms with Crippen LogP contribution in [0.2, 0.25) is 0 Å². The van der Waals surface area contributed by atoms with Crippen LogP contribution >= 0.6 is 0 Å². The molecule has 1 aromatic rings. The molecule has 20 heavy (non-hydrogen) atoms. The van der Waals surface area contributed by atoms with Crippen molar-refractivity contribution in [2.75, 3.05) is 20.3 Å². The molecule has 0 aliphatic heterocycles. The highest BCUT2D eigenvalue weighted by molar-refractivity contribution is 5.22. The molecule has 1 N–H and O–H groups in total. The Morgan fingerprint density at radius 1 is 1.20 bits per heavy atom. The third-order valence-corrected chi connectivity index (χ3v) is 2.94. The highest BCUT2D eigenvalue weighted by Crippen LogP contribution is 2.22. The molecule has 6 heteroatoms. The molecule has 0 fully saturated rings. The number of halogens is 4. The van der Waals surface area contributed by atoms with Crippen LogP contribution in [0.4, 0.5) is 17.6 Å². The lowest BCUT2D eigenvalue weighted by molar-refractivity contribution is -0.166. The van der Waals surface area contributed by atoms with Crippen molar-refractivity contribution in [2.24, 2.45) is 0 Å². The first-order valence-corrected chi connectivity index (χ1v) is 6.31. The maximum absolute atomic E-state index is 12.7. The minimum absolute atomic E-state index is 0.0489. The summed E-state index contributed by atoms with van der Waals surface area (Å²) in [6.45, 7) is 0.651. The van der Waals surface area contributed by atoms with Crippen LogP contribution in [0.1, 0.15) is 11.1 Å². The fraction of sp³-hybridized carbons (Fsp3) is 0.571. The predicted molar refractivity (Wildman–Crippen MR) is 69.5 cm³/mol. The van der Waals surface area contributed by atoms with Gasteiger partial charge in [0, 0.05) is 6.04 Å². The summed E-state index contributed by atoms with van der Waals surface area (Å²) in [7, 11) is 1.67. The maximum atomic E-state index is 12.7. The van der Waals surface area contributed by atoms with Gasteiger partial charge in [-0.2, -0.15) is 8.78 Å². The number of hydrogen-bond acceptors (Lipinski definition) is 2. The highest BCUT2D eigenvalue weighted by atomic mass is 19.3. The number of benzene rings is 1. The van der Waals surface area contributed by atoms with Crippen molar-refractivity contribution in [2.45, 2.75) is 31.7 Å². The molecular weight excluding hydrogens is 274 g/mol. The van der Waals surface area contributed by atoms with E-state index in [-0.39, 0.29) is 12.6 Å². The molecule has 1 aromatic carbocycles. The maximum Gasteiger partial charge on any atom is 0.330 e. The van der Waals surface area contributed by atoms with Crippen molar-refractivity contribution in [1.29, 1.82) is 0 Å². The Bertz CT molecular complexity index is 395. The SMILES string of the molecule is CNC(COCC(F)(F)C(F)F)Cc1ccc(C)cc1. The summed E-state index contributed by atoms with van der Waals surface area (Å²) < 4.78 is 54.0. The summed E-state index contributed by atoms with van der Waals surface area (Å²) in [5.41, 5.74) is 2.15. The van der Waals surface area contributed by atoms with Gasteiger partial charge in [0.1, 0.15) is 6.61 Å². The summed E-state index contributed by atoms with van der Waals surface area (Å²) in [5.74, 6) is -4.10. The molecule has 114 valence electrons. The Morgan fingerprint density at radius 3 is 2.30 bits per heavy atom. The molecule has 1 unspecified atom stereocenters. The lowest BCUT2D eigenvalue weighted by atomic mass is 10.1. The van der Waals surface area contributed by atoms with Gasteiger partial charge >= 0.3 is 12.3 Å². The van der Waals surface area contributed by atoms with Crippen molar-refractivity contribution in [1.82, 2.24) is 5.32 Å². The zero-order valence-electron chi connectivity index (χ0n) is 11.5. The lowest BCUT2D eigenvalue weighted by Crippen LogP contribution is -2.37. The van der Waals surface area contributed by atoms with Crippen LogP contribution in [0, 0.1) is 6.92 Å². The Kier molecular flexibility index (Phi) is 6.42. The molecule has 0 aliphatic rings. The average Bonchev–Trinajstić information content (AvgIpc) is 2.39. The largest absolute Gasteiger partial charge is 0.373 e. The third kappa shape index (κ3) is 5.46. The molecule has 0 heterocycles. The molecule has 0 bridgehead atoms. The average molecular weight is 293 g/mol. The number of rotatable bonds is 8. The zero-order chi connectivity index (χ0) is 15.2. The number of nitrogens with one attached hydrogen (secondary N) is 1. The normalized spacial score (nSPS) is 13.8. The number of aryl methyl sites for hydroxylation is 1. The van der Waals surface area contributed by atoms with Crippen molar-refractivity contribution >= 4 is 0 Å². The predicted octanol–water partition coefficient (Wildman–Crippen LogP) is 3.04. The van der Waals surface area contributed by atoms with Gasteiger partial charge in [0.05, 0.1) is 6.61 Å². The zero-order valence-corrected chi connectivity index (χ0v) is 11.5. The summed E-state index contributed by atoms with van der Waals surface area (Å²) in [6.07, 6.45) is -3.12. The van der Waals surface area contributed by atoms with Gasteiger partial charge in [-0.05, 0) is 26.0 Å². The molecule has 1 rings (SSSR count). The lowest BCUT2D eigenvalue weighted by Gasteiger charge is -2.19. The number of likely N-dealkylation sites (N-methyl/N-ethyl adjacent to an activating group) is 1. The third-order valence-electron chi connectivity index (χ3n) is 2.94. The van der Waals surface area contributed by atoms with E-state index in [1.54, 1.807) is 7.05 Å². The van der Waals surface area contributed by atoms with Crippen molar-refractivity contribution < 1.29 is 22.3 Å². The Balaban J connectivity index is 2.42. The van der Waals surface area contributed by atoms with E-state index in [9.17, 15) is 17.6 Å². The number of alkyl halides is 4. The topological polar surface area (TPSA) is 21.3 Å². The molecule has 0 aromatic heterocycles. The summed E-state index contributed by atoms with van der Waals surface area (Å²) >= 11 is 0. The second-order valence-electron chi connectivity index (χ2n) is 4.75. The van der Waals surface area contributed by atoms with E-state index in [1.807, 2.05) is 31.2 Å². The number of ether oxygens (including phenoxy) is 1. The number of hydrogen-bond donors (Lipinski definition) is 1. The first kappa shape index (κ1) is 16.9. The van der Waals surface area contributed by atoms with E-state index in [2.05, 4.69) is 5.32 Å². The van der Waals surface area contributed by atoms with Gasteiger partial charge in [0.15, 0.2) is 0 Å². The summed E-state index contributed by atoms with van der Waals surface area (Å²) in [6, 6.07) is 7.58. The van der Waals surface area contributed by atoms with Crippen LogP contribution < -0.4 is 5.32 Å². The van der Waals surface area contributed by atoms with E-state index in [4.69, 9.17) is 4.74 Å². The van der Waals surface area contributed by atoms with E-state index in [1.165, 1.54) is 0 Å².